The number of carbonyl (C=O) groups is 1. The van der Waals surface area contributed by atoms with Crippen LogP contribution in [0.15, 0.2) is 18.2 Å². The first kappa shape index (κ1) is 10.8. The smallest absolute Gasteiger partial charge is 0.294 e. The molecule has 0 aromatic heterocycles. The van der Waals surface area contributed by atoms with Crippen molar-refractivity contribution in [3.63, 3.8) is 0 Å². The van der Waals surface area contributed by atoms with Gasteiger partial charge in [0.1, 0.15) is 0 Å². The van der Waals surface area contributed by atoms with E-state index in [0.717, 1.165) is 18.9 Å². The topological polar surface area (TPSA) is 17.1 Å². The van der Waals surface area contributed by atoms with Gasteiger partial charge in [-0.05, 0) is 42.4 Å². The van der Waals surface area contributed by atoms with Gasteiger partial charge in [0.25, 0.3) is 0 Å². The first-order valence-corrected chi connectivity index (χ1v) is 5.67. The summed E-state index contributed by atoms with van der Waals surface area (Å²) in [6.07, 6.45) is -1.33. The second-order valence-corrected chi connectivity index (χ2v) is 4.96. The summed E-state index contributed by atoms with van der Waals surface area (Å²) in [5, 5.41) is 0. The van der Waals surface area contributed by atoms with Crippen LogP contribution in [0.2, 0.25) is 0 Å². The van der Waals surface area contributed by atoms with Gasteiger partial charge in [-0.1, -0.05) is 6.07 Å². The van der Waals surface area contributed by atoms with E-state index in [0.29, 0.717) is 24.0 Å². The molecule has 0 atom stereocenters. The molecule has 17 heavy (non-hydrogen) atoms. The molecule has 0 saturated heterocycles. The molecule has 1 aromatic rings. The van der Waals surface area contributed by atoms with Gasteiger partial charge in [-0.15, -0.1) is 0 Å². The standard InChI is InChI=1S/C13H11F3O/c14-13(15,16)8-1-2-9-10(7-8)12(5-6-12)4-3-11(9)17/h1-2,7H,3-6H2. The van der Waals surface area contributed by atoms with Crippen LogP contribution in [0.25, 0.3) is 0 Å². The number of alkyl halides is 3. The Bertz CT molecular complexity index is 498. The molecule has 1 aromatic carbocycles. The van der Waals surface area contributed by atoms with E-state index < -0.39 is 11.7 Å². The largest absolute Gasteiger partial charge is 0.416 e. The molecule has 1 saturated carbocycles. The minimum Gasteiger partial charge on any atom is -0.294 e. The third-order valence-corrected chi connectivity index (χ3v) is 3.90. The number of rotatable bonds is 0. The van der Waals surface area contributed by atoms with E-state index in [9.17, 15) is 18.0 Å². The van der Waals surface area contributed by atoms with Crippen LogP contribution >= 0.6 is 0 Å². The molecule has 0 radical (unpaired) electrons. The van der Waals surface area contributed by atoms with Gasteiger partial charge in [0.05, 0.1) is 5.56 Å². The molecular weight excluding hydrogens is 229 g/mol. The monoisotopic (exact) mass is 240 g/mol. The van der Waals surface area contributed by atoms with Crippen molar-refractivity contribution in [1.82, 2.24) is 0 Å². The van der Waals surface area contributed by atoms with Crippen LogP contribution < -0.4 is 0 Å². The molecule has 1 spiro atoms. The second kappa shape index (κ2) is 3.12. The highest BCUT2D eigenvalue weighted by molar-refractivity contribution is 5.99. The van der Waals surface area contributed by atoms with E-state index >= 15 is 0 Å². The SMILES string of the molecule is O=C1CCC2(CC2)c2cc(C(F)(F)F)ccc21. The highest BCUT2D eigenvalue weighted by Crippen LogP contribution is 2.55. The van der Waals surface area contributed by atoms with Crippen molar-refractivity contribution in [1.29, 1.82) is 0 Å². The van der Waals surface area contributed by atoms with Gasteiger partial charge in [-0.25, -0.2) is 0 Å². The average Bonchev–Trinajstić information content (AvgIpc) is 3.04. The van der Waals surface area contributed by atoms with Crippen LogP contribution in [0, 0.1) is 0 Å². The summed E-state index contributed by atoms with van der Waals surface area (Å²) < 4.78 is 37.9. The Labute approximate surface area is 96.6 Å². The van der Waals surface area contributed by atoms with Crippen LogP contribution in [0.4, 0.5) is 13.2 Å². The van der Waals surface area contributed by atoms with E-state index in [2.05, 4.69) is 0 Å². The van der Waals surface area contributed by atoms with Gasteiger partial charge in [0, 0.05) is 12.0 Å². The predicted molar refractivity (Wildman–Crippen MR) is 55.9 cm³/mol. The van der Waals surface area contributed by atoms with Gasteiger partial charge in [0.2, 0.25) is 0 Å². The normalized spacial score (nSPS) is 21.5. The Morgan fingerprint density at radius 1 is 1.12 bits per heavy atom. The van der Waals surface area contributed by atoms with Crippen LogP contribution in [0.1, 0.15) is 47.2 Å². The van der Waals surface area contributed by atoms with Gasteiger partial charge < -0.3 is 0 Å². The fourth-order valence-corrected chi connectivity index (χ4v) is 2.69. The molecule has 0 amide bonds. The number of hydrogen-bond acceptors (Lipinski definition) is 1. The molecule has 0 N–H and O–H groups in total. The van der Waals surface area contributed by atoms with E-state index in [1.807, 2.05) is 0 Å². The molecule has 4 heteroatoms. The molecule has 90 valence electrons. The lowest BCUT2D eigenvalue weighted by Crippen LogP contribution is -2.22. The van der Waals surface area contributed by atoms with Gasteiger partial charge >= 0.3 is 6.18 Å². The van der Waals surface area contributed by atoms with Crippen LogP contribution in [-0.2, 0) is 11.6 Å². The molecule has 2 aliphatic carbocycles. The van der Waals surface area contributed by atoms with Crippen molar-refractivity contribution in [2.45, 2.75) is 37.3 Å². The van der Waals surface area contributed by atoms with E-state index in [4.69, 9.17) is 0 Å². The molecular formula is C13H11F3O. The first-order valence-electron chi connectivity index (χ1n) is 5.67. The van der Waals surface area contributed by atoms with Gasteiger partial charge in [0.15, 0.2) is 5.78 Å². The molecule has 3 rings (SSSR count). The lowest BCUT2D eigenvalue weighted by Gasteiger charge is -2.25. The van der Waals surface area contributed by atoms with Gasteiger partial charge in [-0.3, -0.25) is 4.79 Å². The summed E-state index contributed by atoms with van der Waals surface area (Å²) in [5.41, 5.74) is 0.368. The number of fused-ring (bicyclic) bond motifs is 2. The lowest BCUT2D eigenvalue weighted by atomic mass is 9.79. The van der Waals surface area contributed by atoms with Crippen LogP contribution in [0.3, 0.4) is 0 Å². The summed E-state index contributed by atoms with van der Waals surface area (Å²) >= 11 is 0. The van der Waals surface area contributed by atoms with Crippen molar-refractivity contribution in [2.24, 2.45) is 0 Å². The van der Waals surface area contributed by atoms with Crippen LogP contribution in [0.5, 0.6) is 0 Å². The Morgan fingerprint density at radius 3 is 2.41 bits per heavy atom. The summed E-state index contributed by atoms with van der Waals surface area (Å²) in [7, 11) is 0. The summed E-state index contributed by atoms with van der Waals surface area (Å²) in [6, 6.07) is 3.54. The zero-order valence-corrected chi connectivity index (χ0v) is 9.10. The third kappa shape index (κ3) is 1.58. The quantitative estimate of drug-likeness (QED) is 0.675. The first-order chi connectivity index (χ1) is 7.92. The third-order valence-electron chi connectivity index (χ3n) is 3.90. The number of halogens is 3. The van der Waals surface area contributed by atoms with Crippen molar-refractivity contribution in [3.8, 4) is 0 Å². The van der Waals surface area contributed by atoms with Crippen molar-refractivity contribution >= 4 is 5.78 Å². The summed E-state index contributed by atoms with van der Waals surface area (Å²) in [6.45, 7) is 0. The maximum absolute atomic E-state index is 12.6. The number of benzene rings is 1. The van der Waals surface area contributed by atoms with Crippen LogP contribution in [-0.4, -0.2) is 5.78 Å². The molecule has 0 unspecified atom stereocenters. The maximum atomic E-state index is 12.6. The Balaban J connectivity index is 2.15. The van der Waals surface area contributed by atoms with E-state index in [1.54, 1.807) is 0 Å². The fourth-order valence-electron chi connectivity index (χ4n) is 2.69. The summed E-state index contributed by atoms with van der Waals surface area (Å²) in [5.74, 6) is -0.0220. The highest BCUT2D eigenvalue weighted by atomic mass is 19.4. The van der Waals surface area contributed by atoms with E-state index in [-0.39, 0.29) is 11.2 Å². The zero-order valence-electron chi connectivity index (χ0n) is 9.10. The van der Waals surface area contributed by atoms with Crippen molar-refractivity contribution in [3.05, 3.63) is 34.9 Å². The predicted octanol–water partition coefficient (Wildman–Crippen LogP) is 3.71. The number of Topliss-reactive ketones (excluding diaryl/α,β-unsaturated/α-hetero) is 1. The number of carbonyl (C=O) groups excluding carboxylic acids is 1. The Kier molecular flexibility index (Phi) is 1.98. The molecule has 0 bridgehead atoms. The highest BCUT2D eigenvalue weighted by Gasteiger charge is 2.49. The number of ketones is 1. The molecule has 0 heterocycles. The maximum Gasteiger partial charge on any atom is 0.416 e. The fraction of sp³-hybridized carbons (Fsp3) is 0.462. The molecule has 2 aliphatic rings. The average molecular weight is 240 g/mol. The van der Waals surface area contributed by atoms with Crippen molar-refractivity contribution in [2.75, 3.05) is 0 Å². The van der Waals surface area contributed by atoms with Gasteiger partial charge in [-0.2, -0.15) is 13.2 Å². The van der Waals surface area contributed by atoms with Crippen molar-refractivity contribution < 1.29 is 18.0 Å². The second-order valence-electron chi connectivity index (χ2n) is 4.96. The minimum atomic E-state index is -4.33. The molecule has 0 aliphatic heterocycles. The Morgan fingerprint density at radius 2 is 1.82 bits per heavy atom. The minimum absolute atomic E-state index is 0.0220. The molecule has 1 nitrogen and oxygen atoms in total. The van der Waals surface area contributed by atoms with E-state index in [1.165, 1.54) is 12.1 Å². The number of hydrogen-bond donors (Lipinski definition) is 0. The zero-order chi connectivity index (χ0) is 12.3. The Hall–Kier alpha value is -1.32. The summed E-state index contributed by atoms with van der Waals surface area (Å²) in [4.78, 5) is 11.7. The lowest BCUT2D eigenvalue weighted by molar-refractivity contribution is -0.137. The molecule has 1 fully saturated rings.